The summed E-state index contributed by atoms with van der Waals surface area (Å²) in [6.45, 7) is 1.92. The van der Waals surface area contributed by atoms with Crippen molar-refractivity contribution in [3.63, 3.8) is 0 Å². The number of nitrogens with one attached hydrogen (secondary N) is 1. The van der Waals surface area contributed by atoms with Crippen LogP contribution in [0.1, 0.15) is 23.1 Å². The first-order chi connectivity index (χ1) is 12.2. The second-order valence-corrected chi connectivity index (χ2v) is 5.20. The number of carbonyl (C=O) groups excluding carboxylic acids is 1. The first kappa shape index (κ1) is 14.9. The molecule has 1 amide bonds. The number of amides is 1. The lowest BCUT2D eigenvalue weighted by Crippen LogP contribution is -2.33. The SMILES string of the molecule is CCc1nc2nnc3c(=O)n(NC(=O)c4cccnc4)ccc3n2n1. The number of hydrogen-bond acceptors (Lipinski definition) is 7. The van der Waals surface area contributed by atoms with Gasteiger partial charge in [-0.15, -0.1) is 15.3 Å². The van der Waals surface area contributed by atoms with Crippen molar-refractivity contribution in [1.29, 1.82) is 0 Å². The minimum Gasteiger partial charge on any atom is -0.267 e. The summed E-state index contributed by atoms with van der Waals surface area (Å²) in [5, 5.41) is 12.1. The van der Waals surface area contributed by atoms with Gasteiger partial charge in [0.15, 0.2) is 11.3 Å². The van der Waals surface area contributed by atoms with Gasteiger partial charge in [0.2, 0.25) is 0 Å². The van der Waals surface area contributed by atoms with E-state index in [1.165, 1.54) is 16.9 Å². The number of pyridine rings is 2. The molecule has 0 radical (unpaired) electrons. The summed E-state index contributed by atoms with van der Waals surface area (Å²) in [4.78, 5) is 32.9. The lowest BCUT2D eigenvalue weighted by Gasteiger charge is -2.08. The number of hydrogen-bond donors (Lipinski definition) is 1. The molecule has 124 valence electrons. The molecule has 0 spiro atoms. The van der Waals surface area contributed by atoms with Gasteiger partial charge in [-0.1, -0.05) is 6.92 Å². The minimum atomic E-state index is -0.516. The number of carbonyl (C=O) groups is 1. The fourth-order valence-corrected chi connectivity index (χ4v) is 2.36. The Bertz CT molecular complexity index is 1150. The Morgan fingerprint density at radius 2 is 2.16 bits per heavy atom. The van der Waals surface area contributed by atoms with Crippen LogP contribution in [0.5, 0.6) is 0 Å². The third kappa shape index (κ3) is 2.49. The number of fused-ring (bicyclic) bond motifs is 3. The topological polar surface area (TPSA) is 120 Å². The van der Waals surface area contributed by atoms with Gasteiger partial charge in [-0.2, -0.15) is 9.50 Å². The molecule has 10 heteroatoms. The van der Waals surface area contributed by atoms with Crippen LogP contribution in [0.4, 0.5) is 0 Å². The molecule has 10 nitrogen and oxygen atoms in total. The van der Waals surface area contributed by atoms with Crippen LogP contribution in [0.3, 0.4) is 0 Å². The molecule has 0 fully saturated rings. The molecule has 0 saturated carbocycles. The minimum absolute atomic E-state index is 0.0778. The lowest BCUT2D eigenvalue weighted by molar-refractivity contribution is 0.101. The molecule has 0 atom stereocenters. The van der Waals surface area contributed by atoms with Crippen LogP contribution in [0.15, 0.2) is 41.6 Å². The predicted octanol–water partition coefficient (Wildman–Crippen LogP) is 0.175. The molecule has 0 aliphatic rings. The molecular weight excluding hydrogens is 324 g/mol. The van der Waals surface area contributed by atoms with E-state index in [4.69, 9.17) is 0 Å². The van der Waals surface area contributed by atoms with Gasteiger partial charge in [-0.05, 0) is 18.2 Å². The highest BCUT2D eigenvalue weighted by atomic mass is 16.2. The van der Waals surface area contributed by atoms with Gasteiger partial charge in [0, 0.05) is 25.0 Å². The maximum atomic E-state index is 12.6. The van der Waals surface area contributed by atoms with Crippen molar-refractivity contribution in [3.05, 3.63) is 58.5 Å². The van der Waals surface area contributed by atoms with E-state index in [2.05, 4.69) is 30.7 Å². The van der Waals surface area contributed by atoms with E-state index < -0.39 is 11.5 Å². The molecule has 0 bridgehead atoms. The molecule has 0 aliphatic heterocycles. The van der Waals surface area contributed by atoms with Gasteiger partial charge in [-0.25, -0.2) is 4.68 Å². The van der Waals surface area contributed by atoms with Gasteiger partial charge in [0.05, 0.1) is 5.56 Å². The average molecular weight is 336 g/mol. The largest absolute Gasteiger partial charge is 0.299 e. The molecule has 4 aromatic heterocycles. The van der Waals surface area contributed by atoms with Crippen LogP contribution in [-0.2, 0) is 6.42 Å². The normalized spacial score (nSPS) is 11.1. The van der Waals surface area contributed by atoms with Crippen molar-refractivity contribution >= 4 is 22.7 Å². The van der Waals surface area contributed by atoms with Gasteiger partial charge in [0.1, 0.15) is 5.52 Å². The zero-order valence-electron chi connectivity index (χ0n) is 13.1. The van der Waals surface area contributed by atoms with Crippen molar-refractivity contribution in [2.75, 3.05) is 5.43 Å². The highest BCUT2D eigenvalue weighted by Gasteiger charge is 2.13. The molecule has 4 aromatic rings. The Labute approximate surface area is 140 Å². The molecule has 1 N–H and O–H groups in total. The molecule has 4 heterocycles. The van der Waals surface area contributed by atoms with Crippen LogP contribution in [0, 0.1) is 0 Å². The lowest BCUT2D eigenvalue weighted by atomic mass is 10.3. The van der Waals surface area contributed by atoms with Crippen molar-refractivity contribution in [2.24, 2.45) is 0 Å². The second-order valence-electron chi connectivity index (χ2n) is 5.20. The summed E-state index contributed by atoms with van der Waals surface area (Å²) < 4.78 is 2.52. The van der Waals surface area contributed by atoms with Gasteiger partial charge >= 0.3 is 0 Å². The molecule has 25 heavy (non-hydrogen) atoms. The zero-order valence-corrected chi connectivity index (χ0v) is 13.1. The monoisotopic (exact) mass is 336 g/mol. The summed E-state index contributed by atoms with van der Waals surface area (Å²) in [5.74, 6) is 0.467. The van der Waals surface area contributed by atoms with Crippen LogP contribution in [-0.4, -0.2) is 40.4 Å². The highest BCUT2D eigenvalue weighted by molar-refractivity contribution is 5.99. The highest BCUT2D eigenvalue weighted by Crippen LogP contribution is 2.08. The summed E-state index contributed by atoms with van der Waals surface area (Å²) in [6.07, 6.45) is 5.05. The fourth-order valence-electron chi connectivity index (χ4n) is 2.36. The van der Waals surface area contributed by atoms with E-state index >= 15 is 0 Å². The van der Waals surface area contributed by atoms with Crippen molar-refractivity contribution in [3.8, 4) is 0 Å². The Morgan fingerprint density at radius 1 is 1.28 bits per heavy atom. The van der Waals surface area contributed by atoms with E-state index in [1.807, 2.05) is 6.92 Å². The fraction of sp³-hybridized carbons (Fsp3) is 0.133. The molecule has 0 aromatic carbocycles. The maximum Gasteiger partial charge on any atom is 0.299 e. The molecule has 0 unspecified atom stereocenters. The van der Waals surface area contributed by atoms with Crippen LogP contribution in [0.25, 0.3) is 16.8 Å². The quantitative estimate of drug-likeness (QED) is 0.566. The van der Waals surface area contributed by atoms with E-state index in [-0.39, 0.29) is 5.52 Å². The first-order valence-corrected chi connectivity index (χ1v) is 7.52. The third-order valence-electron chi connectivity index (χ3n) is 3.61. The van der Waals surface area contributed by atoms with Crippen molar-refractivity contribution in [2.45, 2.75) is 13.3 Å². The Balaban J connectivity index is 1.79. The standard InChI is InChI=1S/C15H12N8O2/c1-2-11-17-15-19-18-12-10(23(15)20-11)5-7-22(14(12)25)21-13(24)9-4-3-6-16-8-9/h3-8H,2H2,1H3,(H,21,24). The van der Waals surface area contributed by atoms with Gasteiger partial charge < -0.3 is 0 Å². The maximum absolute atomic E-state index is 12.6. The summed E-state index contributed by atoms with van der Waals surface area (Å²) in [6, 6.07) is 4.85. The van der Waals surface area contributed by atoms with Crippen molar-refractivity contribution in [1.82, 2.24) is 34.5 Å². The average Bonchev–Trinajstić information content (AvgIpc) is 3.08. The zero-order chi connectivity index (χ0) is 17.4. The van der Waals surface area contributed by atoms with Crippen LogP contribution < -0.4 is 11.0 Å². The smallest absolute Gasteiger partial charge is 0.267 e. The number of aryl methyl sites for hydroxylation is 1. The Kier molecular flexibility index (Phi) is 3.42. The molecule has 0 saturated heterocycles. The van der Waals surface area contributed by atoms with Crippen molar-refractivity contribution < 1.29 is 4.79 Å². The molecule has 4 rings (SSSR count). The number of rotatable bonds is 3. The van der Waals surface area contributed by atoms with Crippen LogP contribution in [0.2, 0.25) is 0 Å². The predicted molar refractivity (Wildman–Crippen MR) is 87.6 cm³/mol. The molecule has 0 aliphatic carbocycles. The van der Waals surface area contributed by atoms with Crippen LogP contribution >= 0.6 is 0 Å². The van der Waals surface area contributed by atoms with E-state index in [0.717, 1.165) is 4.68 Å². The number of aromatic nitrogens is 7. The van der Waals surface area contributed by atoms with E-state index in [0.29, 0.717) is 29.1 Å². The summed E-state index contributed by atoms with van der Waals surface area (Å²) in [7, 11) is 0. The Hall–Kier alpha value is -3.69. The third-order valence-corrected chi connectivity index (χ3v) is 3.61. The first-order valence-electron chi connectivity index (χ1n) is 7.52. The van der Waals surface area contributed by atoms with E-state index in [1.54, 1.807) is 24.4 Å². The number of nitrogens with zero attached hydrogens (tertiary/aromatic N) is 7. The van der Waals surface area contributed by atoms with E-state index in [9.17, 15) is 9.59 Å². The molecular formula is C15H12N8O2. The van der Waals surface area contributed by atoms with Gasteiger partial charge in [0.25, 0.3) is 17.2 Å². The van der Waals surface area contributed by atoms with Gasteiger partial charge in [-0.3, -0.25) is 20.0 Å². The second kappa shape index (κ2) is 5.74. The summed E-state index contributed by atoms with van der Waals surface area (Å²) >= 11 is 0. The summed E-state index contributed by atoms with van der Waals surface area (Å²) in [5.41, 5.74) is 2.86. The Morgan fingerprint density at radius 3 is 2.92 bits per heavy atom.